The molecule has 0 radical (unpaired) electrons. The summed E-state index contributed by atoms with van der Waals surface area (Å²) >= 11 is 0. The van der Waals surface area contributed by atoms with Crippen LogP contribution in [-0.2, 0) is 15.6 Å². The SMILES string of the molecule is Cc1c(NC(=O)c2ccc(C(C)(C)C)cc2)cc(F)cc1-c1ncnc2[nH]c(C3=CCN(S(=O)(=O)N(C)C)CC3)cc12. The van der Waals surface area contributed by atoms with Gasteiger partial charge in [0.15, 0.2) is 0 Å². The second kappa shape index (κ2) is 11.0. The number of H-pyrrole nitrogens is 1. The summed E-state index contributed by atoms with van der Waals surface area (Å²) < 4.78 is 42.6. The fraction of sp³-hybridized carbons (Fsp3) is 0.323. The van der Waals surface area contributed by atoms with Gasteiger partial charge in [-0.15, -0.1) is 0 Å². The highest BCUT2D eigenvalue weighted by molar-refractivity contribution is 7.86. The lowest BCUT2D eigenvalue weighted by Crippen LogP contribution is -2.42. The highest BCUT2D eigenvalue weighted by atomic mass is 32.2. The Morgan fingerprint density at radius 1 is 1.10 bits per heavy atom. The zero-order chi connectivity index (χ0) is 30.4. The highest BCUT2D eigenvalue weighted by Crippen LogP contribution is 2.35. The van der Waals surface area contributed by atoms with Gasteiger partial charge in [0.05, 0.1) is 5.69 Å². The minimum atomic E-state index is -3.50. The van der Waals surface area contributed by atoms with Crippen molar-refractivity contribution in [2.75, 3.05) is 32.5 Å². The van der Waals surface area contributed by atoms with Gasteiger partial charge in [-0.2, -0.15) is 17.0 Å². The highest BCUT2D eigenvalue weighted by Gasteiger charge is 2.27. The fourth-order valence-corrected chi connectivity index (χ4v) is 6.08. The Bertz CT molecular complexity index is 1800. The van der Waals surface area contributed by atoms with Crippen LogP contribution in [0.1, 0.15) is 54.4 Å². The lowest BCUT2D eigenvalue weighted by molar-refractivity contribution is 0.102. The summed E-state index contributed by atoms with van der Waals surface area (Å²) in [5.74, 6) is -0.838. The van der Waals surface area contributed by atoms with Crippen LogP contribution in [0, 0.1) is 12.7 Å². The first kappa shape index (κ1) is 29.6. The molecule has 1 aliphatic rings. The van der Waals surface area contributed by atoms with Gasteiger partial charge in [0.25, 0.3) is 16.1 Å². The molecule has 11 heteroatoms. The van der Waals surface area contributed by atoms with Crippen LogP contribution in [0.25, 0.3) is 27.9 Å². The van der Waals surface area contributed by atoms with Crippen LogP contribution in [0.4, 0.5) is 10.1 Å². The van der Waals surface area contributed by atoms with E-state index in [2.05, 4.69) is 41.0 Å². The van der Waals surface area contributed by atoms with E-state index < -0.39 is 16.0 Å². The quantitative estimate of drug-likeness (QED) is 0.307. The second-order valence-corrected chi connectivity index (χ2v) is 13.8. The number of amides is 1. The first-order valence-electron chi connectivity index (χ1n) is 13.7. The number of rotatable bonds is 6. The van der Waals surface area contributed by atoms with E-state index in [1.807, 2.05) is 31.2 Å². The molecule has 0 spiro atoms. The van der Waals surface area contributed by atoms with Crippen LogP contribution in [0.2, 0.25) is 0 Å². The van der Waals surface area contributed by atoms with Gasteiger partial charge in [0.2, 0.25) is 0 Å². The predicted molar refractivity (Wildman–Crippen MR) is 164 cm³/mol. The number of hydrogen-bond acceptors (Lipinski definition) is 5. The van der Waals surface area contributed by atoms with E-state index in [-0.39, 0.29) is 17.9 Å². The van der Waals surface area contributed by atoms with Crippen molar-refractivity contribution in [1.29, 1.82) is 0 Å². The van der Waals surface area contributed by atoms with Gasteiger partial charge in [-0.1, -0.05) is 39.0 Å². The third kappa shape index (κ3) is 5.72. The Labute approximate surface area is 245 Å². The van der Waals surface area contributed by atoms with Gasteiger partial charge in [0, 0.05) is 55.1 Å². The van der Waals surface area contributed by atoms with E-state index in [1.54, 1.807) is 12.1 Å². The smallest absolute Gasteiger partial charge is 0.281 e. The van der Waals surface area contributed by atoms with Crippen molar-refractivity contribution >= 4 is 38.4 Å². The van der Waals surface area contributed by atoms with Crippen LogP contribution in [0.5, 0.6) is 0 Å². The van der Waals surface area contributed by atoms with Crippen molar-refractivity contribution in [3.63, 3.8) is 0 Å². The molecule has 9 nitrogen and oxygen atoms in total. The molecule has 0 saturated heterocycles. The molecule has 0 fully saturated rings. The first-order valence-corrected chi connectivity index (χ1v) is 15.1. The summed E-state index contributed by atoms with van der Waals surface area (Å²) in [6, 6.07) is 12.0. The molecule has 2 aromatic heterocycles. The van der Waals surface area contributed by atoms with Gasteiger partial charge in [-0.05, 0) is 65.8 Å². The fourth-order valence-electron chi connectivity index (χ4n) is 5.03. The number of halogens is 1. The molecule has 5 rings (SSSR count). The molecular formula is C31H35FN6O3S. The topological polar surface area (TPSA) is 111 Å². The number of nitrogens with one attached hydrogen (secondary N) is 2. The molecule has 220 valence electrons. The third-order valence-electron chi connectivity index (χ3n) is 7.62. The van der Waals surface area contributed by atoms with Crippen LogP contribution in [-0.4, -0.2) is 65.1 Å². The molecule has 0 unspecified atom stereocenters. The number of anilines is 1. The van der Waals surface area contributed by atoms with E-state index in [0.717, 1.165) is 16.8 Å². The number of hydrogen-bond donors (Lipinski definition) is 2. The number of benzene rings is 2. The Kier molecular flexibility index (Phi) is 7.78. The molecule has 42 heavy (non-hydrogen) atoms. The maximum absolute atomic E-state index is 14.9. The Morgan fingerprint density at radius 3 is 2.43 bits per heavy atom. The van der Waals surface area contributed by atoms with Crippen molar-refractivity contribution in [3.05, 3.63) is 83.1 Å². The summed E-state index contributed by atoms with van der Waals surface area (Å²) in [6.45, 7) is 8.75. The number of carbonyl (C=O) groups is 1. The minimum absolute atomic E-state index is 0.0371. The molecule has 0 bridgehead atoms. The van der Waals surface area contributed by atoms with Crippen molar-refractivity contribution in [3.8, 4) is 11.3 Å². The molecule has 2 N–H and O–H groups in total. The summed E-state index contributed by atoms with van der Waals surface area (Å²) in [4.78, 5) is 25.3. The molecular weight excluding hydrogens is 555 g/mol. The maximum Gasteiger partial charge on any atom is 0.281 e. The van der Waals surface area contributed by atoms with Gasteiger partial charge in [0.1, 0.15) is 17.8 Å². The molecule has 1 amide bonds. The lowest BCUT2D eigenvalue weighted by Gasteiger charge is -2.27. The molecule has 4 aromatic rings. The standard InChI is InChI=1S/C31H35FN6O3S/c1-19-24(15-23(32)16-26(19)36-30(39)21-7-9-22(10-8-21)31(2,3)4)28-25-17-27(35-29(25)34-18-33-28)20-11-13-38(14-12-20)42(40,41)37(5)6/h7-11,15-18H,12-14H2,1-6H3,(H,36,39)(H,33,34,35). The van der Waals surface area contributed by atoms with Crippen LogP contribution in [0.3, 0.4) is 0 Å². The molecule has 3 heterocycles. The van der Waals surface area contributed by atoms with E-state index in [0.29, 0.717) is 52.1 Å². The van der Waals surface area contributed by atoms with E-state index in [9.17, 15) is 17.6 Å². The van der Waals surface area contributed by atoms with E-state index in [4.69, 9.17) is 0 Å². The maximum atomic E-state index is 14.9. The van der Waals surface area contributed by atoms with E-state index in [1.165, 1.54) is 41.2 Å². The van der Waals surface area contributed by atoms with Crippen LogP contribution in [0.15, 0.2) is 54.9 Å². The van der Waals surface area contributed by atoms with Gasteiger partial charge in [-0.3, -0.25) is 4.79 Å². The zero-order valence-electron chi connectivity index (χ0n) is 24.6. The number of carbonyl (C=O) groups excluding carboxylic acids is 1. The summed E-state index contributed by atoms with van der Waals surface area (Å²) in [7, 11) is -0.465. The Morgan fingerprint density at radius 2 is 1.81 bits per heavy atom. The van der Waals surface area contributed by atoms with Crippen molar-refractivity contribution < 1.29 is 17.6 Å². The number of aromatic amines is 1. The van der Waals surface area contributed by atoms with Crippen molar-refractivity contribution in [1.82, 2.24) is 23.6 Å². The average Bonchev–Trinajstić information content (AvgIpc) is 3.39. The van der Waals surface area contributed by atoms with Gasteiger partial charge >= 0.3 is 0 Å². The summed E-state index contributed by atoms with van der Waals surface area (Å²) in [5, 5.41) is 3.56. The Hall–Kier alpha value is -3.93. The second-order valence-electron chi connectivity index (χ2n) is 11.7. The number of fused-ring (bicyclic) bond motifs is 1. The largest absolute Gasteiger partial charge is 0.339 e. The molecule has 0 saturated carbocycles. The minimum Gasteiger partial charge on any atom is -0.339 e. The number of aromatic nitrogens is 3. The summed E-state index contributed by atoms with van der Waals surface area (Å²) in [5.41, 5.74) is 5.98. The third-order valence-corrected chi connectivity index (χ3v) is 9.53. The van der Waals surface area contributed by atoms with Gasteiger partial charge in [-0.25, -0.2) is 14.4 Å². The molecule has 2 aromatic carbocycles. The van der Waals surface area contributed by atoms with E-state index >= 15 is 0 Å². The summed E-state index contributed by atoms with van der Waals surface area (Å²) in [6.07, 6.45) is 3.82. The molecule has 0 aliphatic carbocycles. The Balaban J connectivity index is 1.45. The zero-order valence-corrected chi connectivity index (χ0v) is 25.4. The van der Waals surface area contributed by atoms with Gasteiger partial charge < -0.3 is 10.3 Å². The first-order chi connectivity index (χ1) is 19.8. The monoisotopic (exact) mass is 590 g/mol. The molecule has 0 atom stereocenters. The number of nitrogens with zero attached hydrogens (tertiary/aromatic N) is 4. The van der Waals surface area contributed by atoms with Crippen LogP contribution >= 0.6 is 0 Å². The normalized spacial score (nSPS) is 14.8. The average molecular weight is 591 g/mol. The van der Waals surface area contributed by atoms with Crippen molar-refractivity contribution in [2.24, 2.45) is 0 Å². The van der Waals surface area contributed by atoms with Crippen molar-refractivity contribution in [2.45, 2.75) is 39.5 Å². The molecule has 1 aliphatic heterocycles. The van der Waals surface area contributed by atoms with Crippen LogP contribution < -0.4 is 5.32 Å². The predicted octanol–water partition coefficient (Wildman–Crippen LogP) is 5.52. The lowest BCUT2D eigenvalue weighted by atomic mass is 9.86.